The maximum Gasteiger partial charge on any atom is 0.573 e. The molecule has 11 heteroatoms. The minimum Gasteiger partial charge on any atom is -0.406 e. The van der Waals surface area contributed by atoms with Crippen LogP contribution in [0.4, 0.5) is 30.4 Å². The van der Waals surface area contributed by atoms with Crippen LogP contribution in [0.3, 0.4) is 0 Å². The summed E-state index contributed by atoms with van der Waals surface area (Å²) in [6.45, 7) is 1.87. The summed E-state index contributed by atoms with van der Waals surface area (Å²) in [7, 11) is 0. The van der Waals surface area contributed by atoms with Gasteiger partial charge in [-0.1, -0.05) is 0 Å². The Hall–Kier alpha value is -4.41. The number of nitrogens with zero attached hydrogens (tertiary/aromatic N) is 4. The summed E-state index contributed by atoms with van der Waals surface area (Å²) in [5.41, 5.74) is 1.43. The fraction of sp³-hybridized carbons (Fsp3) is 0.0909. The first-order chi connectivity index (χ1) is 15.8. The number of anilines is 3. The number of amides is 1. The van der Waals surface area contributed by atoms with Gasteiger partial charge in [0.1, 0.15) is 29.5 Å². The van der Waals surface area contributed by atoms with Crippen LogP contribution in [-0.4, -0.2) is 31.8 Å². The van der Waals surface area contributed by atoms with Crippen molar-refractivity contribution in [3.63, 3.8) is 0 Å². The van der Waals surface area contributed by atoms with Gasteiger partial charge in [-0.05, 0) is 55.5 Å². The highest BCUT2D eigenvalue weighted by molar-refractivity contribution is 6.04. The highest BCUT2D eigenvalue weighted by Crippen LogP contribution is 2.23. The molecular weight excluding hydrogens is 437 g/mol. The standard InChI is InChI=1S/C22H17F3N6O2/c1-14-26-10-11-31(14)20-12-19(27-13-28-20)29-16-4-6-17(7-5-16)30-21(32)15-2-8-18(9-3-15)33-22(23,24)25/h2-13H,1H3,(H,30,32)(H,27,28,29). The first kappa shape index (κ1) is 21.8. The zero-order valence-electron chi connectivity index (χ0n) is 17.2. The lowest BCUT2D eigenvalue weighted by molar-refractivity contribution is -0.274. The van der Waals surface area contributed by atoms with Gasteiger partial charge in [0.05, 0.1) is 0 Å². The molecule has 8 nitrogen and oxygen atoms in total. The van der Waals surface area contributed by atoms with Crippen molar-refractivity contribution in [2.45, 2.75) is 13.3 Å². The summed E-state index contributed by atoms with van der Waals surface area (Å²) in [6.07, 6.45) is 0.139. The van der Waals surface area contributed by atoms with Crippen molar-refractivity contribution in [1.29, 1.82) is 0 Å². The van der Waals surface area contributed by atoms with E-state index in [0.29, 0.717) is 17.3 Å². The van der Waals surface area contributed by atoms with Gasteiger partial charge < -0.3 is 15.4 Å². The average molecular weight is 454 g/mol. The molecule has 0 unspecified atom stereocenters. The fourth-order valence-corrected chi connectivity index (χ4v) is 2.96. The minimum atomic E-state index is -4.79. The lowest BCUT2D eigenvalue weighted by Gasteiger charge is -2.11. The van der Waals surface area contributed by atoms with E-state index in [0.717, 1.165) is 23.6 Å². The van der Waals surface area contributed by atoms with Crippen molar-refractivity contribution < 1.29 is 22.7 Å². The number of imidazole rings is 1. The Kier molecular flexibility index (Phi) is 5.94. The Morgan fingerprint density at radius 2 is 1.67 bits per heavy atom. The highest BCUT2D eigenvalue weighted by atomic mass is 19.4. The molecule has 2 N–H and O–H groups in total. The summed E-state index contributed by atoms with van der Waals surface area (Å²) in [6, 6.07) is 13.3. The molecule has 0 aliphatic heterocycles. The molecule has 0 saturated heterocycles. The van der Waals surface area contributed by atoms with E-state index in [2.05, 4.69) is 30.3 Å². The van der Waals surface area contributed by atoms with Crippen molar-refractivity contribution in [1.82, 2.24) is 19.5 Å². The summed E-state index contributed by atoms with van der Waals surface area (Å²) in [5.74, 6) is 1.17. The molecule has 33 heavy (non-hydrogen) atoms. The molecule has 4 aromatic rings. The van der Waals surface area contributed by atoms with Crippen LogP contribution in [0, 0.1) is 6.92 Å². The van der Waals surface area contributed by atoms with Gasteiger partial charge in [-0.2, -0.15) is 0 Å². The summed E-state index contributed by atoms with van der Waals surface area (Å²) < 4.78 is 42.3. The van der Waals surface area contributed by atoms with E-state index in [1.807, 2.05) is 11.5 Å². The van der Waals surface area contributed by atoms with E-state index < -0.39 is 18.0 Å². The first-order valence-electron chi connectivity index (χ1n) is 9.63. The van der Waals surface area contributed by atoms with E-state index in [-0.39, 0.29) is 5.56 Å². The smallest absolute Gasteiger partial charge is 0.406 e. The Bertz CT molecular complexity index is 1250. The van der Waals surface area contributed by atoms with Gasteiger partial charge in [0.2, 0.25) is 0 Å². The molecule has 4 rings (SSSR count). The highest BCUT2D eigenvalue weighted by Gasteiger charge is 2.31. The molecule has 0 bridgehead atoms. The number of hydrogen-bond donors (Lipinski definition) is 2. The van der Waals surface area contributed by atoms with Gasteiger partial charge in [-0.25, -0.2) is 15.0 Å². The SMILES string of the molecule is Cc1nccn1-c1cc(Nc2ccc(NC(=O)c3ccc(OC(F)(F)F)cc3)cc2)ncn1. The molecule has 0 radical (unpaired) electrons. The molecule has 0 aliphatic carbocycles. The van der Waals surface area contributed by atoms with Crippen LogP contribution >= 0.6 is 0 Å². The van der Waals surface area contributed by atoms with Crippen LogP contribution in [0.5, 0.6) is 5.75 Å². The number of alkyl halides is 3. The minimum absolute atomic E-state index is 0.190. The van der Waals surface area contributed by atoms with Crippen LogP contribution in [0.15, 0.2) is 73.3 Å². The number of ether oxygens (including phenoxy) is 1. The number of halogens is 3. The molecule has 2 aromatic heterocycles. The molecular formula is C22H17F3N6O2. The van der Waals surface area contributed by atoms with E-state index in [1.54, 1.807) is 42.7 Å². The van der Waals surface area contributed by atoms with E-state index in [9.17, 15) is 18.0 Å². The van der Waals surface area contributed by atoms with Gasteiger partial charge in [0.15, 0.2) is 0 Å². The van der Waals surface area contributed by atoms with Crippen LogP contribution < -0.4 is 15.4 Å². The lowest BCUT2D eigenvalue weighted by atomic mass is 10.2. The Labute approximate surface area is 186 Å². The zero-order valence-corrected chi connectivity index (χ0v) is 17.2. The van der Waals surface area contributed by atoms with Gasteiger partial charge in [0, 0.05) is 35.4 Å². The number of carbonyl (C=O) groups is 1. The zero-order chi connectivity index (χ0) is 23.4. The largest absolute Gasteiger partial charge is 0.573 e. The van der Waals surface area contributed by atoms with Crippen LogP contribution in [0.2, 0.25) is 0 Å². The second-order valence-corrected chi connectivity index (χ2v) is 6.83. The number of carbonyl (C=O) groups excluding carboxylic acids is 1. The number of aromatic nitrogens is 4. The number of benzene rings is 2. The predicted octanol–water partition coefficient (Wildman–Crippen LogP) is 4.87. The van der Waals surface area contributed by atoms with Crippen LogP contribution in [0.1, 0.15) is 16.2 Å². The normalized spacial score (nSPS) is 11.2. The molecule has 0 spiro atoms. The molecule has 0 saturated carbocycles. The molecule has 2 heterocycles. The third-order valence-electron chi connectivity index (χ3n) is 4.49. The quantitative estimate of drug-likeness (QED) is 0.432. The van der Waals surface area contributed by atoms with Crippen molar-refractivity contribution >= 4 is 23.1 Å². The van der Waals surface area contributed by atoms with Gasteiger partial charge >= 0.3 is 6.36 Å². The topological polar surface area (TPSA) is 94.0 Å². The molecule has 0 atom stereocenters. The molecule has 0 aliphatic rings. The van der Waals surface area contributed by atoms with Crippen LogP contribution in [-0.2, 0) is 0 Å². The third-order valence-corrected chi connectivity index (χ3v) is 4.49. The van der Waals surface area contributed by atoms with Gasteiger partial charge in [0.25, 0.3) is 5.91 Å². The predicted molar refractivity (Wildman–Crippen MR) is 115 cm³/mol. The van der Waals surface area contributed by atoms with Crippen molar-refractivity contribution in [2.24, 2.45) is 0 Å². The maximum atomic E-state index is 12.3. The lowest BCUT2D eigenvalue weighted by Crippen LogP contribution is -2.17. The monoisotopic (exact) mass is 454 g/mol. The van der Waals surface area contributed by atoms with Crippen molar-refractivity contribution in [3.05, 3.63) is 84.7 Å². The third kappa shape index (κ3) is 5.64. The molecule has 1 amide bonds. The van der Waals surface area contributed by atoms with Gasteiger partial charge in [-0.3, -0.25) is 9.36 Å². The van der Waals surface area contributed by atoms with Crippen LogP contribution in [0.25, 0.3) is 5.82 Å². The van der Waals surface area contributed by atoms with Crippen molar-refractivity contribution in [3.8, 4) is 11.6 Å². The van der Waals surface area contributed by atoms with Gasteiger partial charge in [-0.15, -0.1) is 13.2 Å². The van der Waals surface area contributed by atoms with Crippen molar-refractivity contribution in [2.75, 3.05) is 10.6 Å². The summed E-state index contributed by atoms with van der Waals surface area (Å²) in [4.78, 5) is 25.0. The fourth-order valence-electron chi connectivity index (χ4n) is 2.96. The summed E-state index contributed by atoms with van der Waals surface area (Å²) in [5, 5.41) is 5.84. The summed E-state index contributed by atoms with van der Waals surface area (Å²) >= 11 is 0. The first-order valence-corrected chi connectivity index (χ1v) is 9.63. The van der Waals surface area contributed by atoms with E-state index in [1.165, 1.54) is 18.5 Å². The molecule has 168 valence electrons. The van der Waals surface area contributed by atoms with E-state index >= 15 is 0 Å². The second kappa shape index (κ2) is 8.99. The van der Waals surface area contributed by atoms with E-state index in [4.69, 9.17) is 0 Å². The average Bonchev–Trinajstić information content (AvgIpc) is 3.20. The molecule has 2 aromatic carbocycles. The molecule has 0 fully saturated rings. The Morgan fingerprint density at radius 3 is 2.30 bits per heavy atom. The number of nitrogens with one attached hydrogen (secondary N) is 2. The second-order valence-electron chi connectivity index (χ2n) is 6.83. The maximum absolute atomic E-state index is 12.3. The Balaban J connectivity index is 1.39. The Morgan fingerprint density at radius 1 is 0.970 bits per heavy atom. The number of aryl methyl sites for hydroxylation is 1. The number of rotatable bonds is 6. The number of hydrogen-bond acceptors (Lipinski definition) is 6.